The van der Waals surface area contributed by atoms with Gasteiger partial charge in [-0.15, -0.1) is 0 Å². The first-order chi connectivity index (χ1) is 8.41. The summed E-state index contributed by atoms with van der Waals surface area (Å²) < 4.78 is 0. The molecule has 1 N–H and O–H groups in total. The molecule has 4 nitrogen and oxygen atoms in total. The van der Waals surface area contributed by atoms with Gasteiger partial charge in [-0.25, -0.2) is 0 Å². The van der Waals surface area contributed by atoms with Gasteiger partial charge in [0.15, 0.2) is 0 Å². The minimum Gasteiger partial charge on any atom is -0.313 e. The fourth-order valence-electron chi connectivity index (χ4n) is 1.82. The van der Waals surface area contributed by atoms with Crippen LogP contribution in [-0.4, -0.2) is 88.7 Å². The van der Waals surface area contributed by atoms with E-state index in [2.05, 4.69) is 62.2 Å². The lowest BCUT2D eigenvalue weighted by Gasteiger charge is -2.21. The molecule has 0 heterocycles. The van der Waals surface area contributed by atoms with Gasteiger partial charge in [-0.05, 0) is 74.6 Å². The molecule has 110 valence electrons. The Morgan fingerprint density at radius 1 is 0.833 bits per heavy atom. The van der Waals surface area contributed by atoms with Gasteiger partial charge >= 0.3 is 0 Å². The zero-order valence-corrected chi connectivity index (χ0v) is 13.4. The zero-order chi connectivity index (χ0) is 14.0. The van der Waals surface area contributed by atoms with Crippen LogP contribution >= 0.6 is 0 Å². The molecule has 0 amide bonds. The van der Waals surface area contributed by atoms with E-state index in [0.29, 0.717) is 6.04 Å². The van der Waals surface area contributed by atoms with E-state index in [1.807, 2.05) is 0 Å². The molecule has 0 aliphatic rings. The van der Waals surface area contributed by atoms with Crippen LogP contribution < -0.4 is 5.32 Å². The van der Waals surface area contributed by atoms with Crippen molar-refractivity contribution in [1.29, 1.82) is 0 Å². The average molecular weight is 258 g/mol. The van der Waals surface area contributed by atoms with Crippen molar-refractivity contribution < 1.29 is 0 Å². The molecule has 0 aliphatic heterocycles. The van der Waals surface area contributed by atoms with Gasteiger partial charge in [0, 0.05) is 19.1 Å². The highest BCUT2D eigenvalue weighted by Crippen LogP contribution is 1.93. The number of nitrogens with one attached hydrogen (secondary N) is 1. The highest BCUT2D eigenvalue weighted by atomic mass is 15.1. The first-order valence-corrected chi connectivity index (χ1v) is 7.13. The van der Waals surface area contributed by atoms with Gasteiger partial charge in [0.25, 0.3) is 0 Å². The van der Waals surface area contributed by atoms with Crippen molar-refractivity contribution in [3.63, 3.8) is 0 Å². The Labute approximate surface area is 114 Å². The van der Waals surface area contributed by atoms with Gasteiger partial charge in [0.05, 0.1) is 0 Å². The van der Waals surface area contributed by atoms with Gasteiger partial charge in [0.1, 0.15) is 0 Å². The van der Waals surface area contributed by atoms with Crippen LogP contribution in [-0.2, 0) is 0 Å². The van der Waals surface area contributed by atoms with Gasteiger partial charge in [-0.1, -0.05) is 0 Å². The molecule has 0 rings (SSSR count). The molecule has 0 aliphatic carbocycles. The van der Waals surface area contributed by atoms with Gasteiger partial charge in [0.2, 0.25) is 0 Å². The third-order valence-corrected chi connectivity index (χ3v) is 3.14. The van der Waals surface area contributed by atoms with Crippen molar-refractivity contribution in [3.8, 4) is 0 Å². The van der Waals surface area contributed by atoms with E-state index in [1.54, 1.807) is 0 Å². The summed E-state index contributed by atoms with van der Waals surface area (Å²) in [7, 11) is 10.7. The Morgan fingerprint density at radius 3 is 2.00 bits per heavy atom. The highest BCUT2D eigenvalue weighted by Gasteiger charge is 2.03. The molecule has 0 radical (unpaired) electrons. The highest BCUT2D eigenvalue weighted by molar-refractivity contribution is 4.64. The predicted molar refractivity (Wildman–Crippen MR) is 81.3 cm³/mol. The molecule has 0 aromatic carbocycles. The lowest BCUT2D eigenvalue weighted by Crippen LogP contribution is -2.36. The minimum atomic E-state index is 0.613. The lowest BCUT2D eigenvalue weighted by molar-refractivity contribution is 0.291. The second kappa shape index (κ2) is 10.7. The predicted octanol–water partition coefficient (Wildman–Crippen LogP) is 0.800. The fourth-order valence-corrected chi connectivity index (χ4v) is 1.82. The van der Waals surface area contributed by atoms with Gasteiger partial charge < -0.3 is 20.0 Å². The Hall–Kier alpha value is -0.160. The second-order valence-electron chi connectivity index (χ2n) is 5.91. The number of likely N-dealkylation sites (N-methyl/N-ethyl adjacent to an activating group) is 1. The topological polar surface area (TPSA) is 21.8 Å². The normalized spacial score (nSPS) is 13.8. The Morgan fingerprint density at radius 2 is 1.44 bits per heavy atom. The van der Waals surface area contributed by atoms with Crippen molar-refractivity contribution in [3.05, 3.63) is 0 Å². The first kappa shape index (κ1) is 17.8. The van der Waals surface area contributed by atoms with Crippen molar-refractivity contribution in [2.24, 2.45) is 0 Å². The number of rotatable bonds is 11. The molecule has 0 saturated carbocycles. The summed E-state index contributed by atoms with van der Waals surface area (Å²) in [6.45, 7) is 8.03. The van der Waals surface area contributed by atoms with E-state index in [4.69, 9.17) is 0 Å². The molecule has 0 aromatic rings. The van der Waals surface area contributed by atoms with Gasteiger partial charge in [-0.3, -0.25) is 0 Å². The summed E-state index contributed by atoms with van der Waals surface area (Å²) in [6.07, 6.45) is 2.47. The molecular formula is C14H34N4. The van der Waals surface area contributed by atoms with Crippen molar-refractivity contribution in [1.82, 2.24) is 20.0 Å². The molecule has 18 heavy (non-hydrogen) atoms. The lowest BCUT2D eigenvalue weighted by atomic mass is 10.2. The minimum absolute atomic E-state index is 0.613. The summed E-state index contributed by atoms with van der Waals surface area (Å²) in [6, 6.07) is 0.613. The maximum atomic E-state index is 3.59. The van der Waals surface area contributed by atoms with Crippen LogP contribution in [0.2, 0.25) is 0 Å². The van der Waals surface area contributed by atoms with Crippen molar-refractivity contribution in [2.45, 2.75) is 25.8 Å². The molecule has 0 aromatic heterocycles. The largest absolute Gasteiger partial charge is 0.313 e. The van der Waals surface area contributed by atoms with E-state index in [-0.39, 0.29) is 0 Å². The van der Waals surface area contributed by atoms with Crippen LogP contribution in [0, 0.1) is 0 Å². The summed E-state index contributed by atoms with van der Waals surface area (Å²) in [5.41, 5.74) is 0. The van der Waals surface area contributed by atoms with Gasteiger partial charge in [-0.2, -0.15) is 0 Å². The first-order valence-electron chi connectivity index (χ1n) is 7.13. The van der Waals surface area contributed by atoms with Crippen LogP contribution in [0.25, 0.3) is 0 Å². The molecule has 0 bridgehead atoms. The van der Waals surface area contributed by atoms with E-state index in [9.17, 15) is 0 Å². The smallest absolute Gasteiger partial charge is 0.0104 e. The molecule has 4 heteroatoms. The summed E-state index contributed by atoms with van der Waals surface area (Å²) >= 11 is 0. The maximum Gasteiger partial charge on any atom is 0.0104 e. The SMILES string of the molecule is CC(CCN(C)C)NCCN(C)CCCN(C)C. The third-order valence-electron chi connectivity index (χ3n) is 3.14. The fraction of sp³-hybridized carbons (Fsp3) is 1.00. The molecule has 0 saturated heterocycles. The van der Waals surface area contributed by atoms with E-state index >= 15 is 0 Å². The Kier molecular flexibility index (Phi) is 10.6. The van der Waals surface area contributed by atoms with Crippen LogP contribution in [0.3, 0.4) is 0 Å². The van der Waals surface area contributed by atoms with E-state index in [1.165, 1.54) is 25.9 Å². The maximum absolute atomic E-state index is 3.59. The quantitative estimate of drug-likeness (QED) is 0.592. The summed E-state index contributed by atoms with van der Waals surface area (Å²) in [5.74, 6) is 0. The summed E-state index contributed by atoms with van der Waals surface area (Å²) in [5, 5.41) is 3.59. The number of hydrogen-bond acceptors (Lipinski definition) is 4. The molecule has 1 unspecified atom stereocenters. The Balaban J connectivity index is 3.40. The van der Waals surface area contributed by atoms with E-state index < -0.39 is 0 Å². The van der Waals surface area contributed by atoms with Crippen molar-refractivity contribution >= 4 is 0 Å². The van der Waals surface area contributed by atoms with Crippen LogP contribution in [0.15, 0.2) is 0 Å². The zero-order valence-electron chi connectivity index (χ0n) is 13.4. The summed E-state index contributed by atoms with van der Waals surface area (Å²) in [4.78, 5) is 6.90. The number of nitrogens with zero attached hydrogens (tertiary/aromatic N) is 3. The number of hydrogen-bond donors (Lipinski definition) is 1. The molecular weight excluding hydrogens is 224 g/mol. The molecule has 0 fully saturated rings. The van der Waals surface area contributed by atoms with Crippen molar-refractivity contribution in [2.75, 3.05) is 68.0 Å². The third kappa shape index (κ3) is 12.3. The molecule has 0 spiro atoms. The Bertz CT molecular complexity index is 183. The average Bonchev–Trinajstić information content (AvgIpc) is 2.25. The van der Waals surface area contributed by atoms with Crippen LogP contribution in [0.4, 0.5) is 0 Å². The van der Waals surface area contributed by atoms with Crippen LogP contribution in [0.5, 0.6) is 0 Å². The monoisotopic (exact) mass is 258 g/mol. The van der Waals surface area contributed by atoms with E-state index in [0.717, 1.165) is 19.6 Å². The molecule has 1 atom stereocenters. The van der Waals surface area contributed by atoms with Crippen LogP contribution in [0.1, 0.15) is 19.8 Å². The standard InChI is InChI=1S/C14H34N4/c1-14(8-12-17(4)5)15-9-13-18(6)11-7-10-16(2)3/h14-15H,7-13H2,1-6H3. The second-order valence-corrected chi connectivity index (χ2v) is 5.91.